The van der Waals surface area contributed by atoms with Crippen molar-refractivity contribution in [3.63, 3.8) is 0 Å². The molecule has 0 aliphatic rings. The number of amides is 1. The fourth-order valence-electron chi connectivity index (χ4n) is 2.95. The molecule has 2 unspecified atom stereocenters. The van der Waals surface area contributed by atoms with E-state index in [0.29, 0.717) is 0 Å². The fraction of sp³-hybridized carbons (Fsp3) is 0.353. The summed E-state index contributed by atoms with van der Waals surface area (Å²) in [4.78, 5) is 17.3. The van der Waals surface area contributed by atoms with Gasteiger partial charge in [-0.2, -0.15) is 5.10 Å². The first kappa shape index (κ1) is 16.2. The van der Waals surface area contributed by atoms with E-state index in [1.165, 1.54) is 0 Å². The maximum atomic E-state index is 12.6. The smallest absolute Gasteiger partial charge is 0.242 e. The molecule has 0 bridgehead atoms. The Labute approximate surface area is 140 Å². The van der Waals surface area contributed by atoms with Gasteiger partial charge in [0.25, 0.3) is 0 Å². The second-order valence-electron chi connectivity index (χ2n) is 5.92. The number of aromatic nitrogens is 4. The molecule has 0 spiro atoms. The third kappa shape index (κ3) is 2.90. The number of para-hydroxylation sites is 2. The lowest BCUT2D eigenvalue weighted by Gasteiger charge is -2.19. The van der Waals surface area contributed by atoms with Crippen LogP contribution in [0.4, 0.5) is 0 Å². The zero-order valence-corrected chi connectivity index (χ0v) is 14.3. The van der Waals surface area contributed by atoms with Crippen molar-refractivity contribution in [2.75, 3.05) is 7.05 Å². The van der Waals surface area contributed by atoms with E-state index in [0.717, 1.165) is 22.4 Å². The van der Waals surface area contributed by atoms with Crippen LogP contribution in [0, 0.1) is 0 Å². The van der Waals surface area contributed by atoms with Gasteiger partial charge in [0.15, 0.2) is 0 Å². The zero-order chi connectivity index (χ0) is 17.3. The first-order valence-corrected chi connectivity index (χ1v) is 7.88. The molecular formula is C17H22N6O. The Morgan fingerprint density at radius 3 is 2.62 bits per heavy atom. The van der Waals surface area contributed by atoms with Crippen LogP contribution in [-0.2, 0) is 18.9 Å². The summed E-state index contributed by atoms with van der Waals surface area (Å²) in [6.07, 6.45) is 3.53. The second kappa shape index (κ2) is 6.45. The first-order chi connectivity index (χ1) is 11.5. The second-order valence-corrected chi connectivity index (χ2v) is 5.92. The van der Waals surface area contributed by atoms with Gasteiger partial charge in [-0.1, -0.05) is 12.1 Å². The van der Waals surface area contributed by atoms with Crippen LogP contribution in [0.2, 0.25) is 0 Å². The van der Waals surface area contributed by atoms with Crippen LogP contribution >= 0.6 is 0 Å². The van der Waals surface area contributed by atoms with Crippen LogP contribution in [0.15, 0.2) is 36.7 Å². The number of carbonyl (C=O) groups is 1. The molecule has 2 aromatic heterocycles. The van der Waals surface area contributed by atoms with Crippen molar-refractivity contribution in [2.24, 2.45) is 14.1 Å². The lowest BCUT2D eigenvalue weighted by atomic mass is 10.1. The zero-order valence-electron chi connectivity index (χ0n) is 14.3. The Kier molecular flexibility index (Phi) is 4.35. The molecule has 0 radical (unpaired) electrons. The minimum atomic E-state index is -0.448. The Morgan fingerprint density at radius 2 is 2.00 bits per heavy atom. The highest BCUT2D eigenvalue weighted by Crippen LogP contribution is 2.20. The molecule has 1 aromatic carbocycles. The first-order valence-electron chi connectivity index (χ1n) is 7.88. The van der Waals surface area contributed by atoms with Crippen molar-refractivity contribution in [1.29, 1.82) is 0 Å². The normalized spacial score (nSPS) is 13.8. The van der Waals surface area contributed by atoms with Crippen molar-refractivity contribution in [2.45, 2.75) is 19.0 Å². The third-order valence-corrected chi connectivity index (χ3v) is 4.18. The summed E-state index contributed by atoms with van der Waals surface area (Å²) < 4.78 is 3.70. The standard InChI is InChI=1S/C17H22N6O/c1-11(16-21-13-7-5-6-8-14(13)23(16)4)20-17(24)15(18-2)12-9-19-22(3)10-12/h5-11,15,18H,1-4H3,(H,20,24). The predicted octanol–water partition coefficient (Wildman–Crippen LogP) is 1.44. The van der Waals surface area contributed by atoms with Crippen LogP contribution < -0.4 is 10.6 Å². The summed E-state index contributed by atoms with van der Waals surface area (Å²) in [6.45, 7) is 1.94. The number of aryl methyl sites for hydroxylation is 2. The van der Waals surface area contributed by atoms with E-state index >= 15 is 0 Å². The van der Waals surface area contributed by atoms with Crippen molar-refractivity contribution >= 4 is 16.9 Å². The van der Waals surface area contributed by atoms with Gasteiger partial charge in [0.05, 0.1) is 23.3 Å². The number of carbonyl (C=O) groups excluding carboxylic acids is 1. The van der Waals surface area contributed by atoms with Gasteiger partial charge in [0.2, 0.25) is 5.91 Å². The molecule has 3 aromatic rings. The largest absolute Gasteiger partial charge is 0.345 e. The van der Waals surface area contributed by atoms with Crippen LogP contribution in [0.3, 0.4) is 0 Å². The lowest BCUT2D eigenvalue weighted by molar-refractivity contribution is -0.123. The van der Waals surface area contributed by atoms with Gasteiger partial charge in [-0.15, -0.1) is 0 Å². The Bertz CT molecular complexity index is 865. The van der Waals surface area contributed by atoms with Gasteiger partial charge in [0.1, 0.15) is 11.9 Å². The molecule has 0 saturated carbocycles. The molecule has 0 fully saturated rings. The van der Waals surface area contributed by atoms with Gasteiger partial charge in [-0.3, -0.25) is 9.48 Å². The van der Waals surface area contributed by atoms with Gasteiger partial charge in [-0.05, 0) is 26.1 Å². The quantitative estimate of drug-likeness (QED) is 0.744. The maximum absolute atomic E-state index is 12.6. The van der Waals surface area contributed by atoms with Crippen LogP contribution in [0.1, 0.15) is 30.4 Å². The molecule has 0 aliphatic carbocycles. The van der Waals surface area contributed by atoms with Crippen LogP contribution in [0.5, 0.6) is 0 Å². The van der Waals surface area contributed by atoms with Crippen LogP contribution in [-0.4, -0.2) is 32.3 Å². The molecule has 2 N–H and O–H groups in total. The van der Waals surface area contributed by atoms with E-state index in [1.807, 2.05) is 56.0 Å². The van der Waals surface area contributed by atoms with Gasteiger partial charge in [-0.25, -0.2) is 4.98 Å². The molecule has 24 heavy (non-hydrogen) atoms. The Morgan fingerprint density at radius 1 is 1.25 bits per heavy atom. The van der Waals surface area contributed by atoms with E-state index in [-0.39, 0.29) is 11.9 Å². The van der Waals surface area contributed by atoms with E-state index in [2.05, 4.69) is 20.7 Å². The molecule has 2 heterocycles. The molecule has 2 atom stereocenters. The highest BCUT2D eigenvalue weighted by Gasteiger charge is 2.23. The highest BCUT2D eigenvalue weighted by atomic mass is 16.2. The van der Waals surface area contributed by atoms with Crippen LogP contribution in [0.25, 0.3) is 11.0 Å². The summed E-state index contributed by atoms with van der Waals surface area (Å²) in [7, 11) is 5.55. The number of nitrogens with zero attached hydrogens (tertiary/aromatic N) is 4. The van der Waals surface area contributed by atoms with E-state index in [9.17, 15) is 4.79 Å². The van der Waals surface area contributed by atoms with Gasteiger partial charge >= 0.3 is 0 Å². The number of hydrogen-bond donors (Lipinski definition) is 2. The fourth-order valence-corrected chi connectivity index (χ4v) is 2.95. The molecule has 0 aliphatic heterocycles. The minimum Gasteiger partial charge on any atom is -0.345 e. The summed E-state index contributed by atoms with van der Waals surface area (Å²) >= 11 is 0. The number of benzene rings is 1. The summed E-state index contributed by atoms with van der Waals surface area (Å²) in [5, 5.41) is 10.2. The Balaban J connectivity index is 1.81. The van der Waals surface area contributed by atoms with E-state index in [4.69, 9.17) is 0 Å². The minimum absolute atomic E-state index is 0.106. The van der Waals surface area contributed by atoms with Crippen molar-refractivity contribution < 1.29 is 4.79 Å². The Hall–Kier alpha value is -2.67. The number of likely N-dealkylation sites (N-methyl/N-ethyl adjacent to an activating group) is 1. The molecule has 7 heteroatoms. The van der Waals surface area contributed by atoms with E-state index < -0.39 is 6.04 Å². The van der Waals surface area contributed by atoms with Crippen molar-refractivity contribution in [1.82, 2.24) is 30.0 Å². The molecule has 3 rings (SSSR count). The topological polar surface area (TPSA) is 76.8 Å². The molecular weight excluding hydrogens is 304 g/mol. The predicted molar refractivity (Wildman–Crippen MR) is 92.3 cm³/mol. The molecule has 7 nitrogen and oxygen atoms in total. The average molecular weight is 326 g/mol. The van der Waals surface area contributed by atoms with Gasteiger partial charge in [0, 0.05) is 25.9 Å². The molecule has 0 saturated heterocycles. The average Bonchev–Trinajstić information content (AvgIpc) is 3.13. The third-order valence-electron chi connectivity index (χ3n) is 4.18. The number of imidazole rings is 1. The highest BCUT2D eigenvalue weighted by molar-refractivity contribution is 5.83. The number of hydrogen-bond acceptors (Lipinski definition) is 4. The molecule has 1 amide bonds. The van der Waals surface area contributed by atoms with Crippen molar-refractivity contribution in [3.8, 4) is 0 Å². The summed E-state index contributed by atoms with van der Waals surface area (Å²) in [5.41, 5.74) is 2.80. The van der Waals surface area contributed by atoms with Crippen molar-refractivity contribution in [3.05, 3.63) is 48.0 Å². The summed E-state index contributed by atoms with van der Waals surface area (Å²) in [5.74, 6) is 0.718. The van der Waals surface area contributed by atoms with E-state index in [1.54, 1.807) is 17.9 Å². The molecule has 126 valence electrons. The lowest BCUT2D eigenvalue weighted by Crippen LogP contribution is -2.37. The maximum Gasteiger partial charge on any atom is 0.242 e. The number of fused-ring (bicyclic) bond motifs is 1. The number of rotatable bonds is 5. The summed E-state index contributed by atoms with van der Waals surface area (Å²) in [6, 6.07) is 7.28. The SMILES string of the molecule is CNC(C(=O)NC(C)c1nc2ccccc2n1C)c1cnn(C)c1. The van der Waals surface area contributed by atoms with Gasteiger partial charge < -0.3 is 15.2 Å². The number of nitrogens with one attached hydrogen (secondary N) is 2. The monoisotopic (exact) mass is 326 g/mol.